The Bertz CT molecular complexity index is 4300. The molecule has 10 aromatic heterocycles. The Balaban J connectivity index is 0.000000638. The van der Waals surface area contributed by atoms with Crippen molar-refractivity contribution in [3.63, 3.8) is 0 Å². The van der Waals surface area contributed by atoms with E-state index in [0.29, 0.717) is 92.6 Å². The first-order valence-electron chi connectivity index (χ1n) is 31.9. The van der Waals surface area contributed by atoms with Crippen molar-refractivity contribution in [2.45, 2.75) is 133 Å². The van der Waals surface area contributed by atoms with Gasteiger partial charge in [-0.2, -0.15) is 20.4 Å². The van der Waals surface area contributed by atoms with Gasteiger partial charge in [0.25, 0.3) is 0 Å². The van der Waals surface area contributed by atoms with E-state index in [2.05, 4.69) is 151 Å². The number of halogens is 8. The number of carbonyl (C=O) groups excluding carboxylic acids is 2. The van der Waals surface area contributed by atoms with Crippen molar-refractivity contribution >= 4 is 202 Å². The van der Waals surface area contributed by atoms with Gasteiger partial charge in [-0.25, -0.2) is 34.1 Å². The molecule has 3 fully saturated rings. The standard InChI is InChI=1S/C13H17N3O2S.C11H15N3OS.C11H13N3OS.C7H8ClNO2S.C6H11BN2O2.C6H5Cl2NO2S.C4HCl2NOS.C2H6O2.B.Cl2OS.ClH2N5.Na.H/c1-8(2)16-10(4-5-14-16)11-12(19-9(3)15-11)13-17-6-7-18-13;2*1-7(2)14-9(4-5-12-14)11-10(6-15)16-8(3)13-11;1-4-9-6(8)5(12-4)7-10-2-3-11-7;1-5(2)9-6(7(10)11)3-4-8-9;7-4-3(12-6(8)9-4)5-10-1-2-11-5;5-3-2(1-8)9-4(6)7-3;3-1-2-4;;1-4(2)3;1-3-5-6-4-2;;/h4-5,8,13H,6-7H2,1-3H3;4-5,7,15H,6H2,1-3H3;4-7H,1-3H3;7H,2-3H2,1H3;3-5,10-11H,1-2H3;5H,1-2H2;1H;3-4H,1-2H2;;;(H2,2,3,6);;/q;;;;;;;;;;;+1;-1. The van der Waals surface area contributed by atoms with Gasteiger partial charge in [-0.15, -0.1) is 56.7 Å². The molecule has 0 amide bonds. The molecule has 0 spiro atoms. The Morgan fingerprint density at radius 2 is 0.892 bits per heavy atom. The normalized spacial score (nSPS) is 13.2. The number of aldehydes is 2. The maximum atomic E-state index is 11.0. The van der Waals surface area contributed by atoms with Gasteiger partial charge in [0.15, 0.2) is 45.5 Å². The Labute approximate surface area is 731 Å². The number of nitrogens with two attached hydrogens (primary N) is 1. The second kappa shape index (κ2) is 54.9. The fourth-order valence-corrected chi connectivity index (χ4v) is 15.2. The summed E-state index contributed by atoms with van der Waals surface area (Å²) in [5.74, 6) is 4.46. The molecule has 0 aliphatic carbocycles. The minimum absolute atomic E-state index is 0. The van der Waals surface area contributed by atoms with Crippen LogP contribution in [-0.2, 0) is 44.3 Å². The third-order valence-corrected chi connectivity index (χ3v) is 20.3. The van der Waals surface area contributed by atoms with Crippen LogP contribution in [-0.4, -0.2) is 180 Å². The number of aromatic nitrogens is 14. The minimum atomic E-state index is -1.67. The minimum Gasteiger partial charge on any atom is -1.00 e. The fraction of sp³-hybridized carbons (Fsp3) is 0.467. The summed E-state index contributed by atoms with van der Waals surface area (Å²) in [7, 11) is 5.93. The topological polar surface area (TPSA) is 432 Å². The van der Waals surface area contributed by atoms with Crippen LogP contribution in [0.4, 0.5) is 0 Å². The monoisotopic (exact) mass is 1840 g/mol. The van der Waals surface area contributed by atoms with Crippen LogP contribution < -0.4 is 41.0 Å². The Morgan fingerprint density at radius 3 is 1.24 bits per heavy atom. The van der Waals surface area contributed by atoms with Gasteiger partial charge in [0.1, 0.15) is 37.1 Å². The largest absolute Gasteiger partial charge is 1.00 e. The molecular weight excluding hydrogens is 1760 g/mol. The number of carbonyl (C=O) groups is 2. The summed E-state index contributed by atoms with van der Waals surface area (Å²) in [6.45, 7) is 27.6. The van der Waals surface area contributed by atoms with Crippen LogP contribution in [0.2, 0.25) is 24.4 Å². The molecule has 0 aromatic carbocycles. The van der Waals surface area contributed by atoms with Gasteiger partial charge in [0, 0.05) is 78.7 Å². The van der Waals surface area contributed by atoms with Crippen LogP contribution in [0.3, 0.4) is 0 Å². The van der Waals surface area contributed by atoms with Crippen LogP contribution in [0.5, 0.6) is 0 Å². The van der Waals surface area contributed by atoms with Crippen molar-refractivity contribution in [3.05, 3.63) is 123 Å². The zero-order valence-corrected chi connectivity index (χ0v) is 75.5. The average molecular weight is 1840 g/mol. The quantitative estimate of drug-likeness (QED) is 0.0131. The predicted molar refractivity (Wildman–Crippen MR) is 435 cm³/mol. The third kappa shape index (κ3) is 34.3. The van der Waals surface area contributed by atoms with Crippen molar-refractivity contribution < 1.29 is 98.6 Å². The van der Waals surface area contributed by atoms with Crippen LogP contribution >= 0.6 is 159 Å². The first-order valence-corrected chi connectivity index (χ1v) is 41.8. The van der Waals surface area contributed by atoms with Crippen LogP contribution in [0.1, 0.15) is 159 Å². The second-order valence-electron chi connectivity index (χ2n) is 22.1. The third-order valence-electron chi connectivity index (χ3n) is 13.0. The summed E-state index contributed by atoms with van der Waals surface area (Å²) in [6, 6.07) is 8.41. The van der Waals surface area contributed by atoms with Gasteiger partial charge in [-0.05, 0) is 118 Å². The first-order chi connectivity index (χ1) is 51.9. The number of rotatable bonds is 16. The van der Waals surface area contributed by atoms with Crippen molar-refractivity contribution in [1.29, 1.82) is 0 Å². The van der Waals surface area contributed by atoms with E-state index in [9.17, 15) is 14.7 Å². The van der Waals surface area contributed by atoms with Crippen molar-refractivity contribution in [2.24, 2.45) is 26.1 Å². The van der Waals surface area contributed by atoms with E-state index in [4.69, 9.17) is 111 Å². The van der Waals surface area contributed by atoms with Crippen LogP contribution in [0.25, 0.3) is 34.2 Å². The molecule has 111 heavy (non-hydrogen) atoms. The van der Waals surface area contributed by atoms with Crippen LogP contribution in [0, 0.1) is 27.7 Å². The Kier molecular flexibility index (Phi) is 51.1. The zero-order valence-electron chi connectivity index (χ0n) is 62.8. The predicted octanol–water partition coefficient (Wildman–Crippen LogP) is 11.7. The number of hydrogen-bond donors (Lipinski definition) is 6. The van der Waals surface area contributed by atoms with E-state index in [1.807, 2.05) is 80.0 Å². The smallest absolute Gasteiger partial charge is 1.00 e. The van der Waals surface area contributed by atoms with E-state index in [0.717, 1.165) is 91.3 Å². The van der Waals surface area contributed by atoms with Gasteiger partial charge in [-0.1, -0.05) is 79.2 Å². The summed E-state index contributed by atoms with van der Waals surface area (Å²) < 4.78 is 52.1. The molecule has 3 aliphatic rings. The number of aliphatic hydroxyl groups is 3. The van der Waals surface area contributed by atoms with Gasteiger partial charge < -0.3 is 61.1 Å². The molecule has 603 valence electrons. The van der Waals surface area contributed by atoms with E-state index < -0.39 is 16.3 Å². The summed E-state index contributed by atoms with van der Waals surface area (Å²) >= 11 is 41.2. The molecule has 0 saturated carbocycles. The zero-order chi connectivity index (χ0) is 81.0. The van der Waals surface area contributed by atoms with E-state index in [1.54, 1.807) is 40.7 Å². The number of aliphatic hydroxyl groups excluding tert-OH is 3. The molecule has 3 aliphatic heterocycles. The van der Waals surface area contributed by atoms with Crippen molar-refractivity contribution in [2.75, 3.05) is 52.9 Å². The maximum absolute atomic E-state index is 11.0. The fourth-order valence-electron chi connectivity index (χ4n) is 8.89. The SMILES string of the molecule is CC(C)n1nccc1B(O)O.Cc1nc(-c2ccnn2C(C)C)c(C2OCCO2)s1.Cc1nc(-c2ccnn2C(C)C)c(C=O)s1.Cc1nc(-c2ccnn2C(C)C)c(CO)s1.Cc1nc(Cl)c(C2OCCO2)s1.Clc1nc(Cl)c(C2OCCO2)s1.N/N=N/N=NCl.O=Cc1sc(Cl)nc1Cl.O=S(Cl)Cl.OCCO.[B].[H-].[Na+]. The number of ether oxygens (including phenoxy) is 6. The van der Waals surface area contributed by atoms with Crippen molar-refractivity contribution in [3.8, 4) is 34.2 Å². The van der Waals surface area contributed by atoms with Gasteiger partial charge in [0.2, 0.25) is 9.23 Å². The Hall–Kier alpha value is -3.88. The molecule has 10 aromatic rings. The molecule has 0 bridgehead atoms. The molecule has 33 nitrogen and oxygen atoms in total. The molecule has 3 radical (unpaired) electrons. The molecule has 51 heteroatoms. The number of nitrogens with zero attached hydrogens (tertiary/aromatic N) is 18. The van der Waals surface area contributed by atoms with Crippen molar-refractivity contribution in [1.82, 2.24) is 69.0 Å². The average Bonchev–Trinajstić information content (AvgIpc) is 1.65. The molecular formula is C60H79B2Cl8N19NaO14S7. The molecule has 0 atom stereocenters. The Morgan fingerprint density at radius 1 is 0.532 bits per heavy atom. The number of hydrogen-bond acceptors (Lipinski definition) is 32. The van der Waals surface area contributed by atoms with Gasteiger partial charge in [-0.3, -0.25) is 28.3 Å². The van der Waals surface area contributed by atoms with E-state index in [-0.39, 0.29) is 95.3 Å². The number of thiazole rings is 6. The molecule has 3 saturated heterocycles. The maximum Gasteiger partial charge on any atom is 1.00 e. The summed E-state index contributed by atoms with van der Waals surface area (Å²) in [5.41, 5.74) is 5.86. The van der Waals surface area contributed by atoms with E-state index in [1.165, 1.54) is 45.3 Å². The summed E-state index contributed by atoms with van der Waals surface area (Å²) in [6.07, 6.45) is 7.41. The first kappa shape index (κ1) is 103. The van der Waals surface area contributed by atoms with Gasteiger partial charge >= 0.3 is 36.7 Å². The second-order valence-corrected chi connectivity index (χ2v) is 34.0. The molecule has 13 rings (SSSR count). The van der Waals surface area contributed by atoms with Gasteiger partial charge in [0.05, 0.1) is 133 Å². The van der Waals surface area contributed by atoms with E-state index >= 15 is 0 Å². The summed E-state index contributed by atoms with van der Waals surface area (Å²) in [5, 5.41) is 72.3. The molecule has 13 heterocycles. The summed E-state index contributed by atoms with van der Waals surface area (Å²) in [4.78, 5) is 50.7. The number of aryl methyl sites for hydroxylation is 4. The van der Waals surface area contributed by atoms with Crippen LogP contribution in [0.15, 0.2) is 69.4 Å². The molecule has 0 unspecified atom stereocenters. The molecule has 7 N–H and O–H groups in total.